The molecule has 0 bridgehead atoms. The highest BCUT2D eigenvalue weighted by Crippen LogP contribution is 2.27. The van der Waals surface area contributed by atoms with E-state index >= 15 is 0 Å². The van der Waals surface area contributed by atoms with Crippen molar-refractivity contribution in [3.63, 3.8) is 0 Å². The van der Waals surface area contributed by atoms with E-state index in [2.05, 4.69) is 15.4 Å². The molecule has 1 aromatic carbocycles. The largest absolute Gasteiger partial charge is 0.466 e. The van der Waals surface area contributed by atoms with E-state index in [1.54, 1.807) is 38.0 Å². The van der Waals surface area contributed by atoms with Crippen LogP contribution in [-0.4, -0.2) is 52.2 Å². The molecule has 0 aliphatic carbocycles. The van der Waals surface area contributed by atoms with Gasteiger partial charge in [0.25, 0.3) is 11.8 Å². The Morgan fingerprint density at radius 1 is 1.24 bits per heavy atom. The quantitative estimate of drug-likeness (QED) is 0.692. The first kappa shape index (κ1) is 20.6. The van der Waals surface area contributed by atoms with Crippen LogP contribution in [0.5, 0.6) is 5.88 Å². The maximum Gasteiger partial charge on any atom is 0.262 e. The second kappa shape index (κ2) is 8.08. The minimum atomic E-state index is -0.371. The average molecular weight is 416 g/mol. The van der Waals surface area contributed by atoms with Crippen LogP contribution < -0.4 is 10.1 Å². The fraction of sp³-hybridized carbons (Fsp3) is 0.300. The molecule has 0 aliphatic rings. The highest BCUT2D eigenvalue weighted by atomic mass is 35.5. The third-order valence-corrected chi connectivity index (χ3v) is 4.63. The molecule has 2 heterocycles. The number of ether oxygens (including phenoxy) is 1. The summed E-state index contributed by atoms with van der Waals surface area (Å²) in [6.07, 6.45) is 0. The number of fused-ring (bicyclic) bond motifs is 1. The molecule has 152 valence electrons. The Kier molecular flexibility index (Phi) is 5.74. The summed E-state index contributed by atoms with van der Waals surface area (Å²) in [7, 11) is 5.07. The summed E-state index contributed by atoms with van der Waals surface area (Å²) in [6.45, 7) is 3.63. The molecule has 0 spiro atoms. The first-order valence-electron chi connectivity index (χ1n) is 8.92. The van der Waals surface area contributed by atoms with Crippen molar-refractivity contribution in [1.29, 1.82) is 0 Å². The number of aromatic nitrogens is 3. The van der Waals surface area contributed by atoms with E-state index in [1.807, 2.05) is 19.9 Å². The standard InChI is InChI=1S/C20H22ClN5O3/c1-11-8-12(2)22-18-17(11)19(24-26(18)5)29-10-16(27)23-13-6-7-14(15(21)9-13)20(28)25(3)4/h6-9H,10H2,1-5H3,(H,23,27). The number of halogens is 1. The van der Waals surface area contributed by atoms with Gasteiger partial charge < -0.3 is 15.0 Å². The van der Waals surface area contributed by atoms with Crippen LogP contribution in [0.25, 0.3) is 11.0 Å². The van der Waals surface area contributed by atoms with Gasteiger partial charge in [-0.3, -0.25) is 9.59 Å². The van der Waals surface area contributed by atoms with Crippen molar-refractivity contribution in [3.8, 4) is 5.88 Å². The summed E-state index contributed by atoms with van der Waals surface area (Å²) in [5.74, 6) is -0.227. The number of benzene rings is 1. The van der Waals surface area contributed by atoms with E-state index in [4.69, 9.17) is 16.3 Å². The van der Waals surface area contributed by atoms with Crippen LogP contribution in [0.1, 0.15) is 21.6 Å². The van der Waals surface area contributed by atoms with Crippen LogP contribution in [0.2, 0.25) is 5.02 Å². The third kappa shape index (κ3) is 4.32. The molecule has 1 N–H and O–H groups in total. The number of rotatable bonds is 5. The summed E-state index contributed by atoms with van der Waals surface area (Å²) in [5.41, 5.74) is 3.40. The van der Waals surface area contributed by atoms with Gasteiger partial charge in [-0.25, -0.2) is 9.67 Å². The van der Waals surface area contributed by atoms with Crippen LogP contribution in [-0.2, 0) is 11.8 Å². The van der Waals surface area contributed by atoms with Crippen LogP contribution in [0, 0.1) is 13.8 Å². The summed E-state index contributed by atoms with van der Waals surface area (Å²) in [6, 6.07) is 6.66. The van der Waals surface area contributed by atoms with Gasteiger partial charge in [0.05, 0.1) is 16.0 Å². The van der Waals surface area contributed by atoms with Crippen molar-refractivity contribution in [2.75, 3.05) is 26.0 Å². The molecule has 0 saturated heterocycles. The van der Waals surface area contributed by atoms with Crippen molar-refractivity contribution in [3.05, 3.63) is 46.1 Å². The number of amides is 2. The number of carbonyl (C=O) groups excluding carboxylic acids is 2. The Morgan fingerprint density at radius 3 is 2.62 bits per heavy atom. The number of nitrogens with one attached hydrogen (secondary N) is 1. The Hall–Kier alpha value is -3.13. The molecule has 0 fully saturated rings. The molecule has 0 aliphatic heterocycles. The Labute approximate surface area is 173 Å². The third-order valence-electron chi connectivity index (χ3n) is 4.32. The molecule has 2 amide bonds. The second-order valence-corrected chi connectivity index (χ2v) is 7.35. The molecular weight excluding hydrogens is 394 g/mol. The predicted octanol–water partition coefficient (Wildman–Crippen LogP) is 2.96. The van der Waals surface area contributed by atoms with Crippen molar-refractivity contribution in [2.24, 2.45) is 7.05 Å². The lowest BCUT2D eigenvalue weighted by Crippen LogP contribution is -2.22. The second-order valence-electron chi connectivity index (χ2n) is 6.94. The summed E-state index contributed by atoms with van der Waals surface area (Å²) in [4.78, 5) is 30.2. The van der Waals surface area contributed by atoms with Gasteiger partial charge in [-0.15, -0.1) is 5.10 Å². The molecule has 0 radical (unpaired) electrons. The molecule has 3 aromatic rings. The number of hydrogen-bond acceptors (Lipinski definition) is 5. The number of nitrogens with zero attached hydrogens (tertiary/aromatic N) is 4. The maximum atomic E-state index is 12.3. The summed E-state index contributed by atoms with van der Waals surface area (Å²) < 4.78 is 7.27. The molecule has 0 unspecified atom stereocenters. The molecule has 0 atom stereocenters. The number of aryl methyl sites for hydroxylation is 3. The van der Waals surface area contributed by atoms with Gasteiger partial charge in [-0.1, -0.05) is 11.6 Å². The van der Waals surface area contributed by atoms with Crippen LogP contribution >= 0.6 is 11.6 Å². The van der Waals surface area contributed by atoms with Gasteiger partial charge in [0, 0.05) is 32.5 Å². The zero-order valence-corrected chi connectivity index (χ0v) is 17.7. The fourth-order valence-corrected chi connectivity index (χ4v) is 3.25. The Morgan fingerprint density at radius 2 is 1.97 bits per heavy atom. The van der Waals surface area contributed by atoms with Gasteiger partial charge in [-0.05, 0) is 43.7 Å². The van der Waals surface area contributed by atoms with Crippen molar-refractivity contribution in [1.82, 2.24) is 19.7 Å². The summed E-state index contributed by atoms with van der Waals surface area (Å²) in [5, 5.41) is 8.06. The fourth-order valence-electron chi connectivity index (χ4n) is 2.99. The number of carbonyl (C=O) groups is 2. The highest BCUT2D eigenvalue weighted by molar-refractivity contribution is 6.34. The lowest BCUT2D eigenvalue weighted by Gasteiger charge is -2.13. The van der Waals surface area contributed by atoms with Crippen LogP contribution in [0.15, 0.2) is 24.3 Å². The molecule has 2 aromatic heterocycles. The minimum absolute atomic E-state index is 0.211. The number of pyridine rings is 1. The lowest BCUT2D eigenvalue weighted by molar-refractivity contribution is -0.118. The molecule has 9 heteroatoms. The minimum Gasteiger partial charge on any atom is -0.466 e. The molecule has 29 heavy (non-hydrogen) atoms. The Bertz CT molecular complexity index is 1110. The molecule has 8 nitrogen and oxygen atoms in total. The lowest BCUT2D eigenvalue weighted by atomic mass is 10.2. The first-order valence-corrected chi connectivity index (χ1v) is 9.30. The van der Waals surface area contributed by atoms with Crippen molar-refractivity contribution < 1.29 is 14.3 Å². The maximum absolute atomic E-state index is 12.3. The average Bonchev–Trinajstić information content (AvgIpc) is 2.95. The van der Waals surface area contributed by atoms with Gasteiger partial charge in [0.2, 0.25) is 5.88 Å². The van der Waals surface area contributed by atoms with Gasteiger partial charge >= 0.3 is 0 Å². The summed E-state index contributed by atoms with van der Waals surface area (Å²) >= 11 is 6.17. The monoisotopic (exact) mass is 415 g/mol. The zero-order valence-electron chi connectivity index (χ0n) is 16.9. The van der Waals surface area contributed by atoms with Gasteiger partial charge in [0.15, 0.2) is 12.3 Å². The van der Waals surface area contributed by atoms with Crippen LogP contribution in [0.3, 0.4) is 0 Å². The van der Waals surface area contributed by atoms with E-state index < -0.39 is 0 Å². The zero-order chi connectivity index (χ0) is 21.3. The van der Waals surface area contributed by atoms with Crippen LogP contribution in [0.4, 0.5) is 5.69 Å². The first-order chi connectivity index (χ1) is 13.7. The number of hydrogen-bond donors (Lipinski definition) is 1. The Balaban J connectivity index is 1.70. The SMILES string of the molecule is Cc1cc(C)c2c(OCC(=O)Nc3ccc(C(=O)N(C)C)c(Cl)c3)nn(C)c2n1. The van der Waals surface area contributed by atoms with E-state index in [0.29, 0.717) is 22.8 Å². The number of anilines is 1. The van der Waals surface area contributed by atoms with E-state index in [-0.39, 0.29) is 23.4 Å². The van der Waals surface area contributed by atoms with E-state index in [0.717, 1.165) is 16.6 Å². The van der Waals surface area contributed by atoms with E-state index in [9.17, 15) is 9.59 Å². The highest BCUT2D eigenvalue weighted by Gasteiger charge is 2.17. The van der Waals surface area contributed by atoms with Crippen molar-refractivity contribution >= 4 is 40.1 Å². The van der Waals surface area contributed by atoms with Gasteiger partial charge in [-0.2, -0.15) is 0 Å². The molecule has 3 rings (SSSR count). The normalized spacial score (nSPS) is 10.8. The van der Waals surface area contributed by atoms with Gasteiger partial charge in [0.1, 0.15) is 0 Å². The molecule has 0 saturated carbocycles. The van der Waals surface area contributed by atoms with Crippen molar-refractivity contribution in [2.45, 2.75) is 13.8 Å². The predicted molar refractivity (Wildman–Crippen MR) is 112 cm³/mol. The molecular formula is C20H22ClN5O3. The smallest absolute Gasteiger partial charge is 0.262 e. The van der Waals surface area contributed by atoms with E-state index in [1.165, 1.54) is 11.0 Å². The topological polar surface area (TPSA) is 89.4 Å².